The predicted molar refractivity (Wildman–Crippen MR) is 87.6 cm³/mol. The summed E-state index contributed by atoms with van der Waals surface area (Å²) in [5, 5.41) is 0.707. The van der Waals surface area contributed by atoms with Crippen LogP contribution in [-0.2, 0) is 0 Å². The fourth-order valence-corrected chi connectivity index (χ4v) is 3.78. The third kappa shape index (κ3) is 2.32. The average Bonchev–Trinajstić information content (AvgIpc) is 2.70. The molecule has 1 atom stereocenters. The number of aliphatic imine (C=N–C) groups is 1. The molecule has 1 spiro atoms. The highest BCUT2D eigenvalue weighted by atomic mass is 79.9. The maximum absolute atomic E-state index is 6.16. The number of piperidine rings is 1. The Morgan fingerprint density at radius 2 is 2.25 bits per heavy atom. The fraction of sp³-hybridized carbons (Fsp3) is 0.500. The number of hydrogen-bond donors (Lipinski definition) is 1. The minimum absolute atomic E-state index is 0.00957. The van der Waals surface area contributed by atoms with Crippen molar-refractivity contribution in [1.29, 1.82) is 0 Å². The molecular formula is C14H18BrClN4. The molecule has 20 heavy (non-hydrogen) atoms. The van der Waals surface area contributed by atoms with E-state index in [0.717, 1.165) is 36.2 Å². The highest BCUT2D eigenvalue weighted by Gasteiger charge is 2.45. The predicted octanol–water partition coefficient (Wildman–Crippen LogP) is 2.70. The van der Waals surface area contributed by atoms with Gasteiger partial charge in [0, 0.05) is 16.7 Å². The van der Waals surface area contributed by atoms with Crippen molar-refractivity contribution in [2.24, 2.45) is 10.7 Å². The number of guanidine groups is 1. The van der Waals surface area contributed by atoms with Gasteiger partial charge in [-0.2, -0.15) is 0 Å². The summed E-state index contributed by atoms with van der Waals surface area (Å²) >= 11 is 9.58. The van der Waals surface area contributed by atoms with E-state index in [0.29, 0.717) is 11.0 Å². The summed E-state index contributed by atoms with van der Waals surface area (Å²) in [5.74, 6) is 0.606. The Balaban J connectivity index is 1.99. The zero-order valence-electron chi connectivity index (χ0n) is 11.4. The van der Waals surface area contributed by atoms with E-state index in [-0.39, 0.29) is 5.54 Å². The molecule has 0 bridgehead atoms. The Morgan fingerprint density at radius 1 is 1.45 bits per heavy atom. The maximum Gasteiger partial charge on any atom is 0.196 e. The smallest absolute Gasteiger partial charge is 0.196 e. The number of nitrogens with two attached hydrogens (primary N) is 1. The van der Waals surface area contributed by atoms with Crippen LogP contribution >= 0.6 is 27.5 Å². The van der Waals surface area contributed by atoms with Crippen LogP contribution in [0.15, 0.2) is 27.7 Å². The zero-order valence-corrected chi connectivity index (χ0v) is 13.8. The number of hydrogen-bond acceptors (Lipinski definition) is 4. The Morgan fingerprint density at radius 3 is 2.95 bits per heavy atom. The van der Waals surface area contributed by atoms with Gasteiger partial charge in [0.05, 0.1) is 17.1 Å². The van der Waals surface area contributed by atoms with Crippen molar-refractivity contribution in [2.75, 3.05) is 31.6 Å². The van der Waals surface area contributed by atoms with E-state index in [1.54, 1.807) is 0 Å². The Bertz CT molecular complexity index is 562. The van der Waals surface area contributed by atoms with Crippen molar-refractivity contribution in [3.05, 3.63) is 27.7 Å². The number of nitrogens with zero attached hydrogens (tertiary/aromatic N) is 3. The van der Waals surface area contributed by atoms with Gasteiger partial charge in [0.2, 0.25) is 0 Å². The van der Waals surface area contributed by atoms with Crippen LogP contribution in [0.1, 0.15) is 12.8 Å². The Labute approximate surface area is 132 Å². The van der Waals surface area contributed by atoms with Crippen LogP contribution in [0.25, 0.3) is 0 Å². The summed E-state index contributed by atoms with van der Waals surface area (Å²) in [7, 11) is 2.16. The molecule has 1 unspecified atom stereocenters. The van der Waals surface area contributed by atoms with E-state index in [9.17, 15) is 0 Å². The van der Waals surface area contributed by atoms with E-state index < -0.39 is 0 Å². The Hall–Kier alpha value is -0.780. The lowest BCUT2D eigenvalue weighted by molar-refractivity contribution is 0.191. The van der Waals surface area contributed by atoms with Crippen LogP contribution in [0.4, 0.5) is 5.69 Å². The van der Waals surface area contributed by atoms with Crippen LogP contribution in [-0.4, -0.2) is 43.1 Å². The molecule has 2 aliphatic rings. The number of likely N-dealkylation sites (N-methyl/N-ethyl adjacent to an activating group) is 1. The van der Waals surface area contributed by atoms with Crippen LogP contribution in [0.2, 0.25) is 5.02 Å². The monoisotopic (exact) mass is 356 g/mol. The molecule has 3 rings (SSSR count). The number of anilines is 1. The molecule has 2 heterocycles. The lowest BCUT2D eigenvalue weighted by Crippen LogP contribution is -2.60. The van der Waals surface area contributed by atoms with Crippen molar-refractivity contribution in [1.82, 2.24) is 4.90 Å². The third-order valence-electron chi connectivity index (χ3n) is 4.15. The lowest BCUT2D eigenvalue weighted by Gasteiger charge is -2.45. The molecule has 2 N–H and O–H groups in total. The van der Waals surface area contributed by atoms with Gasteiger partial charge < -0.3 is 15.5 Å². The molecule has 1 fully saturated rings. The van der Waals surface area contributed by atoms with Crippen molar-refractivity contribution >= 4 is 39.2 Å². The standard InChI is InChI=1S/C14H18BrClN4/c1-19-6-2-5-14(9-19)8-18-13(17)20(14)10-3-4-12(16)11(15)7-10/h3-4,7H,2,5-6,8-9H2,1H3,(H2,17,18). The molecule has 108 valence electrons. The summed E-state index contributed by atoms with van der Waals surface area (Å²) < 4.78 is 0.885. The molecule has 4 nitrogen and oxygen atoms in total. The molecule has 0 aromatic heterocycles. The van der Waals surface area contributed by atoms with Gasteiger partial charge in [-0.3, -0.25) is 4.99 Å². The molecule has 1 saturated heterocycles. The van der Waals surface area contributed by atoms with E-state index in [4.69, 9.17) is 17.3 Å². The highest BCUT2D eigenvalue weighted by Crippen LogP contribution is 2.37. The second kappa shape index (κ2) is 5.20. The molecule has 0 radical (unpaired) electrons. The molecular weight excluding hydrogens is 340 g/mol. The van der Waals surface area contributed by atoms with Crippen LogP contribution < -0.4 is 10.6 Å². The quantitative estimate of drug-likeness (QED) is 0.840. The minimum atomic E-state index is -0.00957. The number of likely N-dealkylation sites (tertiary alicyclic amines) is 1. The van der Waals surface area contributed by atoms with Crippen molar-refractivity contribution < 1.29 is 0 Å². The van der Waals surface area contributed by atoms with E-state index in [1.165, 1.54) is 6.42 Å². The first-order valence-corrected chi connectivity index (χ1v) is 7.93. The van der Waals surface area contributed by atoms with Crippen LogP contribution in [0.3, 0.4) is 0 Å². The summed E-state index contributed by atoms with van der Waals surface area (Å²) in [6, 6.07) is 5.93. The fourth-order valence-electron chi connectivity index (χ4n) is 3.29. The van der Waals surface area contributed by atoms with Gasteiger partial charge >= 0.3 is 0 Å². The molecule has 1 aromatic rings. The van der Waals surface area contributed by atoms with Gasteiger partial charge in [-0.05, 0) is 60.6 Å². The van der Waals surface area contributed by atoms with Gasteiger partial charge in [0.15, 0.2) is 5.96 Å². The maximum atomic E-state index is 6.16. The lowest BCUT2D eigenvalue weighted by atomic mass is 9.88. The number of rotatable bonds is 1. The first-order chi connectivity index (χ1) is 9.52. The second-order valence-electron chi connectivity index (χ2n) is 5.67. The van der Waals surface area contributed by atoms with Crippen molar-refractivity contribution in [2.45, 2.75) is 18.4 Å². The second-order valence-corrected chi connectivity index (χ2v) is 6.94. The highest BCUT2D eigenvalue weighted by molar-refractivity contribution is 9.10. The summed E-state index contributed by atoms with van der Waals surface area (Å²) in [5.41, 5.74) is 7.20. The summed E-state index contributed by atoms with van der Waals surface area (Å²) in [6.07, 6.45) is 2.28. The van der Waals surface area contributed by atoms with Gasteiger partial charge in [0.1, 0.15) is 0 Å². The first-order valence-electron chi connectivity index (χ1n) is 6.76. The summed E-state index contributed by atoms with van der Waals surface area (Å²) in [6.45, 7) is 2.89. The van der Waals surface area contributed by atoms with Gasteiger partial charge in [0.25, 0.3) is 0 Å². The van der Waals surface area contributed by atoms with Gasteiger partial charge in [-0.15, -0.1) is 0 Å². The SMILES string of the molecule is CN1CCCC2(CN=C(N)N2c2ccc(Cl)c(Br)c2)C1. The molecule has 0 aliphatic carbocycles. The van der Waals surface area contributed by atoms with Crippen molar-refractivity contribution in [3.8, 4) is 0 Å². The molecule has 0 amide bonds. The molecule has 0 saturated carbocycles. The zero-order chi connectivity index (χ0) is 14.3. The van der Waals surface area contributed by atoms with E-state index in [1.807, 2.05) is 18.2 Å². The summed E-state index contributed by atoms with van der Waals surface area (Å²) in [4.78, 5) is 9.04. The minimum Gasteiger partial charge on any atom is -0.369 e. The van der Waals surface area contributed by atoms with Gasteiger partial charge in [-0.25, -0.2) is 0 Å². The molecule has 6 heteroatoms. The van der Waals surface area contributed by atoms with Crippen LogP contribution in [0, 0.1) is 0 Å². The number of halogens is 2. The number of benzene rings is 1. The first kappa shape index (κ1) is 14.2. The topological polar surface area (TPSA) is 44.9 Å². The van der Waals surface area contributed by atoms with Crippen molar-refractivity contribution in [3.63, 3.8) is 0 Å². The molecule has 2 aliphatic heterocycles. The average molecular weight is 358 g/mol. The Kier molecular flexibility index (Phi) is 3.69. The largest absolute Gasteiger partial charge is 0.369 e. The van der Waals surface area contributed by atoms with Gasteiger partial charge in [-0.1, -0.05) is 11.6 Å². The van der Waals surface area contributed by atoms with E-state index in [2.05, 4.69) is 37.8 Å². The third-order valence-corrected chi connectivity index (χ3v) is 5.36. The molecule has 1 aromatic carbocycles. The van der Waals surface area contributed by atoms with Crippen LogP contribution in [0.5, 0.6) is 0 Å². The normalized spacial score (nSPS) is 27.1. The van der Waals surface area contributed by atoms with E-state index >= 15 is 0 Å².